The van der Waals surface area contributed by atoms with Gasteiger partial charge in [0.05, 0.1) is 24.3 Å². The second kappa shape index (κ2) is 15.0. The summed E-state index contributed by atoms with van der Waals surface area (Å²) in [6.45, 7) is 3.45. The minimum Gasteiger partial charge on any atom is -0.489 e. The van der Waals surface area contributed by atoms with Crippen molar-refractivity contribution in [2.24, 2.45) is 0 Å². The summed E-state index contributed by atoms with van der Waals surface area (Å²) in [5, 5.41) is 4.43. The molecule has 0 fully saturated rings. The van der Waals surface area contributed by atoms with Gasteiger partial charge in [-0.05, 0) is 49.1 Å². The number of benzene rings is 3. The number of alkyl halides is 3. The van der Waals surface area contributed by atoms with E-state index >= 15 is 4.39 Å². The standard InChI is InChI=1S/C33H31ClF4N4O6/c1-4-41-27(19-45-18-21-8-6-5-7-9-21)40-42(32(41)43)23-16-22-12-13-39-31(28(22)26(17-23)47-20(2)33(36,37)38)48-30-24(35)10-11-25(29(30)34)46-15-14-44-3/h5-13,16-17,20H,4,14-15,18-19H2,1-3H3. The quantitative estimate of drug-likeness (QED) is 0.0888. The van der Waals surface area contributed by atoms with Gasteiger partial charge < -0.3 is 23.7 Å². The third-order valence-electron chi connectivity index (χ3n) is 7.14. The molecule has 10 nitrogen and oxygen atoms in total. The molecule has 3 aromatic carbocycles. The van der Waals surface area contributed by atoms with Gasteiger partial charge in [-0.3, -0.25) is 4.57 Å². The highest BCUT2D eigenvalue weighted by molar-refractivity contribution is 6.33. The minimum absolute atomic E-state index is 0.00447. The fourth-order valence-corrected chi connectivity index (χ4v) is 4.94. The third-order valence-corrected chi connectivity index (χ3v) is 7.50. The number of hydrogen-bond acceptors (Lipinski definition) is 8. The average molecular weight is 691 g/mol. The first-order valence-corrected chi connectivity index (χ1v) is 15.1. The lowest BCUT2D eigenvalue weighted by atomic mass is 10.1. The van der Waals surface area contributed by atoms with Crippen LogP contribution in [0.3, 0.4) is 0 Å². The number of fused-ring (bicyclic) bond motifs is 1. The van der Waals surface area contributed by atoms with Crippen LogP contribution in [0, 0.1) is 5.82 Å². The van der Waals surface area contributed by atoms with E-state index < -0.39 is 29.5 Å². The van der Waals surface area contributed by atoms with Crippen molar-refractivity contribution >= 4 is 22.4 Å². The predicted octanol–water partition coefficient (Wildman–Crippen LogP) is 7.26. The molecular formula is C33H31ClF4N4O6. The van der Waals surface area contributed by atoms with Gasteiger partial charge in [0.1, 0.15) is 29.7 Å². The number of halogens is 5. The summed E-state index contributed by atoms with van der Waals surface area (Å²) in [7, 11) is 1.48. The highest BCUT2D eigenvalue weighted by Crippen LogP contribution is 2.43. The molecule has 0 N–H and O–H groups in total. The van der Waals surface area contributed by atoms with E-state index in [-0.39, 0.29) is 71.8 Å². The van der Waals surface area contributed by atoms with Gasteiger partial charge in [0.15, 0.2) is 23.5 Å². The van der Waals surface area contributed by atoms with E-state index in [1.807, 2.05) is 30.3 Å². The average Bonchev–Trinajstić information content (AvgIpc) is 3.38. The Labute approximate surface area is 277 Å². The number of pyridine rings is 1. The molecular weight excluding hydrogens is 660 g/mol. The molecule has 2 heterocycles. The fourth-order valence-electron chi connectivity index (χ4n) is 4.70. The normalized spacial score (nSPS) is 12.3. The number of rotatable bonds is 14. The SMILES string of the molecule is CCn1c(COCc2ccccc2)nn(-c2cc(OC(C)C(F)(F)F)c3c(Oc4c(F)ccc(OCCOC)c4Cl)nccc3c2)c1=O. The van der Waals surface area contributed by atoms with Crippen molar-refractivity contribution in [1.29, 1.82) is 0 Å². The highest BCUT2D eigenvalue weighted by atomic mass is 35.5. The maximum absolute atomic E-state index is 15.0. The molecule has 15 heteroatoms. The number of ether oxygens (including phenoxy) is 5. The van der Waals surface area contributed by atoms with Gasteiger partial charge in [0, 0.05) is 25.9 Å². The van der Waals surface area contributed by atoms with Crippen molar-refractivity contribution in [3.8, 4) is 28.8 Å². The molecule has 0 saturated carbocycles. The summed E-state index contributed by atoms with van der Waals surface area (Å²) in [6.07, 6.45) is -5.73. The molecule has 5 rings (SSSR count). The van der Waals surface area contributed by atoms with Gasteiger partial charge in [0.2, 0.25) is 5.88 Å². The predicted molar refractivity (Wildman–Crippen MR) is 169 cm³/mol. The van der Waals surface area contributed by atoms with Gasteiger partial charge in [-0.15, -0.1) is 5.10 Å². The van der Waals surface area contributed by atoms with E-state index in [0.29, 0.717) is 5.82 Å². The monoisotopic (exact) mass is 690 g/mol. The van der Waals surface area contributed by atoms with Crippen LogP contribution in [0.1, 0.15) is 25.2 Å². The number of aromatic nitrogens is 4. The third kappa shape index (κ3) is 7.72. The van der Waals surface area contributed by atoms with Gasteiger partial charge in [-0.25, -0.2) is 14.2 Å². The van der Waals surface area contributed by atoms with Crippen LogP contribution in [0.15, 0.2) is 71.7 Å². The van der Waals surface area contributed by atoms with E-state index in [4.69, 9.17) is 35.3 Å². The Morgan fingerprint density at radius 3 is 2.48 bits per heavy atom. The molecule has 254 valence electrons. The highest BCUT2D eigenvalue weighted by Gasteiger charge is 2.38. The zero-order valence-electron chi connectivity index (χ0n) is 26.1. The number of nitrogens with zero attached hydrogens (tertiary/aromatic N) is 4. The van der Waals surface area contributed by atoms with Crippen LogP contribution >= 0.6 is 11.6 Å². The van der Waals surface area contributed by atoms with E-state index in [2.05, 4.69) is 10.1 Å². The van der Waals surface area contributed by atoms with Crippen LogP contribution in [0.2, 0.25) is 5.02 Å². The molecule has 1 unspecified atom stereocenters. The molecule has 48 heavy (non-hydrogen) atoms. The van der Waals surface area contributed by atoms with Crippen molar-refractivity contribution in [2.45, 2.75) is 45.9 Å². The molecule has 0 aliphatic carbocycles. The number of hydrogen-bond donors (Lipinski definition) is 0. The maximum atomic E-state index is 15.0. The van der Waals surface area contributed by atoms with Crippen molar-refractivity contribution < 1.29 is 41.2 Å². The van der Waals surface area contributed by atoms with Crippen molar-refractivity contribution in [3.05, 3.63) is 99.6 Å². The Hall–Kier alpha value is -4.66. The summed E-state index contributed by atoms with van der Waals surface area (Å²) in [4.78, 5) is 17.6. The first-order valence-electron chi connectivity index (χ1n) is 14.8. The zero-order chi connectivity index (χ0) is 34.4. The van der Waals surface area contributed by atoms with E-state index in [1.165, 1.54) is 42.1 Å². The number of methoxy groups -OCH3 is 1. The van der Waals surface area contributed by atoms with Crippen molar-refractivity contribution in [1.82, 2.24) is 19.3 Å². The molecule has 0 aliphatic rings. The van der Waals surface area contributed by atoms with Crippen LogP contribution < -0.4 is 19.9 Å². The largest absolute Gasteiger partial charge is 0.489 e. The second-order valence-electron chi connectivity index (χ2n) is 10.4. The molecule has 0 spiro atoms. The summed E-state index contributed by atoms with van der Waals surface area (Å²) in [6, 6.07) is 16.0. The lowest BCUT2D eigenvalue weighted by molar-refractivity contribution is -0.189. The van der Waals surface area contributed by atoms with Crippen LogP contribution in [-0.4, -0.2) is 51.9 Å². The van der Waals surface area contributed by atoms with Gasteiger partial charge in [0.25, 0.3) is 0 Å². The Balaban J connectivity index is 1.57. The lowest BCUT2D eigenvalue weighted by Gasteiger charge is -2.20. The molecule has 0 bridgehead atoms. The first-order chi connectivity index (χ1) is 23.0. The van der Waals surface area contributed by atoms with Crippen LogP contribution in [0.25, 0.3) is 16.5 Å². The van der Waals surface area contributed by atoms with Crippen LogP contribution in [-0.2, 0) is 29.2 Å². The Bertz CT molecular complexity index is 1930. The van der Waals surface area contributed by atoms with Gasteiger partial charge in [-0.1, -0.05) is 41.9 Å². The Morgan fingerprint density at radius 1 is 1.00 bits per heavy atom. The molecule has 1 atom stereocenters. The summed E-state index contributed by atoms with van der Waals surface area (Å²) in [5.74, 6) is -1.60. The zero-order valence-corrected chi connectivity index (χ0v) is 26.8. The Morgan fingerprint density at radius 2 is 1.77 bits per heavy atom. The summed E-state index contributed by atoms with van der Waals surface area (Å²) >= 11 is 6.41. The summed E-state index contributed by atoms with van der Waals surface area (Å²) < 4.78 is 86.2. The minimum atomic E-state index is -4.75. The molecule has 5 aromatic rings. The summed E-state index contributed by atoms with van der Waals surface area (Å²) in [5.41, 5.74) is 0.480. The Kier molecular flexibility index (Phi) is 10.9. The molecule has 0 radical (unpaired) electrons. The molecule has 0 amide bonds. The van der Waals surface area contributed by atoms with E-state index in [0.717, 1.165) is 23.2 Å². The second-order valence-corrected chi connectivity index (χ2v) is 10.8. The van der Waals surface area contributed by atoms with Crippen molar-refractivity contribution in [3.63, 3.8) is 0 Å². The van der Waals surface area contributed by atoms with E-state index in [9.17, 15) is 18.0 Å². The van der Waals surface area contributed by atoms with Gasteiger partial charge >= 0.3 is 11.9 Å². The molecule has 0 saturated heterocycles. The van der Waals surface area contributed by atoms with Crippen molar-refractivity contribution in [2.75, 3.05) is 20.3 Å². The van der Waals surface area contributed by atoms with Gasteiger partial charge in [-0.2, -0.15) is 17.9 Å². The van der Waals surface area contributed by atoms with Crippen LogP contribution in [0.5, 0.6) is 23.1 Å². The lowest BCUT2D eigenvalue weighted by Crippen LogP contribution is -2.31. The molecule has 2 aromatic heterocycles. The fraction of sp³-hybridized carbons (Fsp3) is 0.303. The van der Waals surface area contributed by atoms with E-state index in [1.54, 1.807) is 6.92 Å². The maximum Gasteiger partial charge on any atom is 0.425 e. The topological polar surface area (TPSA) is 98.9 Å². The smallest absolute Gasteiger partial charge is 0.425 e. The molecule has 0 aliphatic heterocycles. The van der Waals surface area contributed by atoms with Crippen LogP contribution in [0.4, 0.5) is 17.6 Å². The first kappa shape index (κ1) is 34.7.